The van der Waals surface area contributed by atoms with Crippen LogP contribution in [0, 0.1) is 23.3 Å². The van der Waals surface area contributed by atoms with E-state index in [2.05, 4.69) is 14.2 Å². The fraction of sp³-hybridized carbons (Fsp3) is 0.357. The number of nitrogens with zero attached hydrogens (tertiary/aromatic N) is 1. The molecule has 0 atom stereocenters. The number of anilines is 1. The van der Waals surface area contributed by atoms with Crippen LogP contribution in [0.1, 0.15) is 86.6 Å². The summed E-state index contributed by atoms with van der Waals surface area (Å²) in [6.45, 7) is 1.29. The van der Waals surface area contributed by atoms with Crippen LogP contribution >= 0.6 is 0 Å². The van der Waals surface area contributed by atoms with Crippen LogP contribution in [0.2, 0.25) is 0 Å². The fourth-order valence-corrected chi connectivity index (χ4v) is 7.11. The summed E-state index contributed by atoms with van der Waals surface area (Å²) in [5, 5.41) is 0. The number of fused-ring (bicyclic) bond motifs is 6. The molecule has 3 aromatic carbocycles. The standard InChI is InChI=1S/C42H37F4NO19/c1-18(48)58-15-61-31(53)12-47(13-32(54)62-16-59-19(2)49)29-8-23-24(11-30(29)57-14-33(55)63-17-60-20(3)50)42(66-40(23)56)25-9-27(43)38(64-21(4)51)36(45)34(25)41(6,7)35-26(42)10-28(44)39(37(35)46)65-22(5)52/h8-11H,12-17H2,1-7H3. The summed E-state index contributed by atoms with van der Waals surface area (Å²) >= 11 is 0. The SMILES string of the molecule is CC(=O)OCOC(=O)COc1cc2c(cc1N(CC(=O)OCOC(C)=O)CC(=O)OCOC(C)=O)C(=O)OC21c2cc(F)c(OC(C)=O)c(F)c2C(C)(C)c2c1cc(F)c(OC(C)=O)c2F. The number of esters is 9. The molecule has 24 heteroatoms. The molecular formula is C42H37F4NO19. The predicted molar refractivity (Wildman–Crippen MR) is 205 cm³/mol. The quantitative estimate of drug-likeness (QED) is 0.0654. The van der Waals surface area contributed by atoms with Gasteiger partial charge in [-0.15, -0.1) is 0 Å². The number of hydrogen-bond acceptors (Lipinski definition) is 20. The lowest BCUT2D eigenvalue weighted by molar-refractivity contribution is -0.168. The zero-order valence-corrected chi connectivity index (χ0v) is 35.8. The van der Waals surface area contributed by atoms with E-state index in [4.69, 9.17) is 33.2 Å². The molecule has 5 rings (SSSR count). The van der Waals surface area contributed by atoms with E-state index in [9.17, 15) is 43.2 Å². The van der Waals surface area contributed by atoms with Gasteiger partial charge in [0.05, 0.1) is 11.3 Å². The van der Waals surface area contributed by atoms with Crippen molar-refractivity contribution in [2.75, 3.05) is 45.0 Å². The molecule has 1 aliphatic heterocycles. The van der Waals surface area contributed by atoms with E-state index < -0.39 is 184 Å². The van der Waals surface area contributed by atoms with Crippen LogP contribution < -0.4 is 19.1 Å². The van der Waals surface area contributed by atoms with Gasteiger partial charge in [-0.1, -0.05) is 13.8 Å². The first-order chi connectivity index (χ1) is 30.9. The van der Waals surface area contributed by atoms with Crippen molar-refractivity contribution < 1.29 is 108 Å². The van der Waals surface area contributed by atoms with Gasteiger partial charge in [-0.3, -0.25) is 33.6 Å². The minimum Gasteiger partial charge on any atom is -0.480 e. The Kier molecular flexibility index (Phi) is 14.6. The molecular weight excluding hydrogens is 898 g/mol. The molecule has 0 N–H and O–H groups in total. The molecule has 0 radical (unpaired) electrons. The molecule has 0 bridgehead atoms. The Labute approximate surface area is 369 Å². The van der Waals surface area contributed by atoms with Crippen LogP contribution in [0.15, 0.2) is 24.3 Å². The molecule has 0 saturated carbocycles. The molecule has 2 aliphatic rings. The molecule has 352 valence electrons. The highest BCUT2D eigenvalue weighted by Gasteiger charge is 2.59. The molecule has 0 unspecified atom stereocenters. The van der Waals surface area contributed by atoms with E-state index >= 15 is 17.6 Å². The average molecular weight is 936 g/mol. The second-order valence-corrected chi connectivity index (χ2v) is 14.6. The third-order valence-corrected chi connectivity index (χ3v) is 9.57. The first kappa shape index (κ1) is 49.2. The Balaban J connectivity index is 1.84. The maximum atomic E-state index is 16.9. The molecule has 0 fully saturated rings. The molecule has 66 heavy (non-hydrogen) atoms. The Hall–Kier alpha value is -7.79. The van der Waals surface area contributed by atoms with Crippen molar-refractivity contribution in [2.24, 2.45) is 0 Å². The Morgan fingerprint density at radius 3 is 1.41 bits per heavy atom. The van der Waals surface area contributed by atoms with Crippen LogP contribution in [-0.4, -0.2) is 93.8 Å². The largest absolute Gasteiger partial charge is 0.480 e. The second kappa shape index (κ2) is 19.5. The summed E-state index contributed by atoms with van der Waals surface area (Å²) < 4.78 is 116. The van der Waals surface area contributed by atoms with Crippen LogP contribution in [0.4, 0.5) is 23.2 Å². The number of carbonyl (C=O) groups excluding carboxylic acids is 9. The van der Waals surface area contributed by atoms with Crippen molar-refractivity contribution >= 4 is 59.4 Å². The van der Waals surface area contributed by atoms with E-state index in [0.29, 0.717) is 12.1 Å². The number of halogens is 4. The molecule has 1 heterocycles. The van der Waals surface area contributed by atoms with Gasteiger partial charge in [-0.2, -0.15) is 0 Å². The monoisotopic (exact) mass is 935 g/mol. The molecule has 0 aromatic heterocycles. The molecule has 1 aliphatic carbocycles. The first-order valence-electron chi connectivity index (χ1n) is 19.0. The summed E-state index contributed by atoms with van der Waals surface area (Å²) in [5.74, 6) is -19.4. The van der Waals surface area contributed by atoms with E-state index in [0.717, 1.165) is 51.7 Å². The van der Waals surface area contributed by atoms with Gasteiger partial charge in [-0.05, 0) is 24.3 Å². The first-order valence-corrected chi connectivity index (χ1v) is 19.0. The Morgan fingerprint density at radius 2 is 1.00 bits per heavy atom. The van der Waals surface area contributed by atoms with Gasteiger partial charge >= 0.3 is 53.7 Å². The third kappa shape index (κ3) is 10.1. The van der Waals surface area contributed by atoms with Crippen LogP contribution in [0.5, 0.6) is 17.2 Å². The van der Waals surface area contributed by atoms with Crippen molar-refractivity contribution in [1.29, 1.82) is 0 Å². The average Bonchev–Trinajstić information content (AvgIpc) is 3.48. The number of ether oxygens (including phenoxy) is 10. The van der Waals surface area contributed by atoms with Gasteiger partial charge in [0.2, 0.25) is 31.9 Å². The van der Waals surface area contributed by atoms with Gasteiger partial charge in [0.25, 0.3) is 0 Å². The number of hydrogen-bond donors (Lipinski definition) is 0. The van der Waals surface area contributed by atoms with Gasteiger partial charge in [0.15, 0.2) is 35.5 Å². The summed E-state index contributed by atoms with van der Waals surface area (Å²) in [6.07, 6.45) is 0. The van der Waals surface area contributed by atoms with Gasteiger partial charge in [-0.25, -0.2) is 27.2 Å². The lowest BCUT2D eigenvalue weighted by Gasteiger charge is -2.45. The summed E-state index contributed by atoms with van der Waals surface area (Å²) in [5.41, 5.74) is -9.03. The minimum atomic E-state index is -2.80. The van der Waals surface area contributed by atoms with Gasteiger partial charge in [0, 0.05) is 67.9 Å². The molecule has 0 saturated heterocycles. The highest BCUT2D eigenvalue weighted by atomic mass is 19.1. The molecule has 1 spiro atoms. The summed E-state index contributed by atoms with van der Waals surface area (Å²) in [7, 11) is 0. The van der Waals surface area contributed by atoms with Crippen molar-refractivity contribution in [3.05, 3.63) is 80.9 Å². The number of benzene rings is 3. The molecule has 20 nitrogen and oxygen atoms in total. The van der Waals surface area contributed by atoms with Crippen molar-refractivity contribution in [2.45, 2.75) is 59.5 Å². The lowest BCUT2D eigenvalue weighted by Crippen LogP contribution is -2.43. The van der Waals surface area contributed by atoms with Crippen LogP contribution in [-0.2, 0) is 82.5 Å². The number of rotatable bonds is 16. The van der Waals surface area contributed by atoms with E-state index in [1.807, 2.05) is 0 Å². The van der Waals surface area contributed by atoms with Crippen molar-refractivity contribution in [3.8, 4) is 17.2 Å². The lowest BCUT2D eigenvalue weighted by atomic mass is 9.61. The van der Waals surface area contributed by atoms with E-state index in [1.54, 1.807) is 0 Å². The number of carbonyl (C=O) groups is 9. The van der Waals surface area contributed by atoms with Crippen molar-refractivity contribution in [1.82, 2.24) is 0 Å². The Bertz CT molecular complexity index is 2460. The van der Waals surface area contributed by atoms with Crippen LogP contribution in [0.3, 0.4) is 0 Å². The summed E-state index contributed by atoms with van der Waals surface area (Å²) in [6, 6.07) is 2.97. The van der Waals surface area contributed by atoms with Gasteiger partial charge in [0.1, 0.15) is 18.8 Å². The van der Waals surface area contributed by atoms with Crippen LogP contribution in [0.25, 0.3) is 0 Å². The van der Waals surface area contributed by atoms with E-state index in [1.165, 1.54) is 13.8 Å². The molecule has 0 amide bonds. The zero-order valence-electron chi connectivity index (χ0n) is 35.8. The summed E-state index contributed by atoms with van der Waals surface area (Å²) in [4.78, 5) is 112. The minimum absolute atomic E-state index is 0.467. The third-order valence-electron chi connectivity index (χ3n) is 9.57. The fourth-order valence-electron chi connectivity index (χ4n) is 7.11. The predicted octanol–water partition coefficient (Wildman–Crippen LogP) is 3.57. The smallest absolute Gasteiger partial charge is 0.347 e. The maximum Gasteiger partial charge on any atom is 0.347 e. The van der Waals surface area contributed by atoms with E-state index in [-0.39, 0.29) is 0 Å². The Morgan fingerprint density at radius 1 is 0.576 bits per heavy atom. The molecule has 3 aromatic rings. The van der Waals surface area contributed by atoms with Crippen molar-refractivity contribution in [3.63, 3.8) is 0 Å². The topological polar surface area (TPSA) is 249 Å². The second-order valence-electron chi connectivity index (χ2n) is 14.6. The highest BCUT2D eigenvalue weighted by molar-refractivity contribution is 5.99. The maximum absolute atomic E-state index is 16.9. The normalized spacial score (nSPS) is 13.4. The zero-order chi connectivity index (χ0) is 49.0. The van der Waals surface area contributed by atoms with Gasteiger partial charge < -0.3 is 52.3 Å². The highest BCUT2D eigenvalue weighted by Crippen LogP contribution is 2.60.